The van der Waals surface area contributed by atoms with Crippen molar-refractivity contribution in [3.05, 3.63) is 53.3 Å². The highest BCUT2D eigenvalue weighted by molar-refractivity contribution is 7.85. The fourth-order valence-corrected chi connectivity index (χ4v) is 5.57. The zero-order valence-corrected chi connectivity index (χ0v) is 17.7. The van der Waals surface area contributed by atoms with Gasteiger partial charge in [-0.25, -0.2) is 8.60 Å². The quantitative estimate of drug-likeness (QED) is 0.634. The number of carbonyl (C=O) groups is 1. The van der Waals surface area contributed by atoms with Gasteiger partial charge in [0.05, 0.1) is 0 Å². The molecule has 31 heavy (non-hydrogen) atoms. The highest BCUT2D eigenvalue weighted by Crippen LogP contribution is 2.43. The first-order valence-corrected chi connectivity index (χ1v) is 11.6. The van der Waals surface area contributed by atoms with Gasteiger partial charge in [-0.1, -0.05) is 30.3 Å². The molecule has 9 heteroatoms. The van der Waals surface area contributed by atoms with Crippen LogP contribution in [0.1, 0.15) is 29.9 Å². The zero-order valence-electron chi connectivity index (χ0n) is 16.8. The summed E-state index contributed by atoms with van der Waals surface area (Å²) in [6.07, 6.45) is 2.43. The number of nitrogens with one attached hydrogen (secondary N) is 2. The lowest BCUT2D eigenvalue weighted by Gasteiger charge is -2.36. The highest BCUT2D eigenvalue weighted by atomic mass is 32.2. The van der Waals surface area contributed by atoms with Crippen LogP contribution in [0.3, 0.4) is 0 Å². The Kier molecular flexibility index (Phi) is 5.31. The Morgan fingerprint density at radius 1 is 1.26 bits per heavy atom. The van der Waals surface area contributed by atoms with E-state index in [1.54, 1.807) is 0 Å². The van der Waals surface area contributed by atoms with Gasteiger partial charge in [0.15, 0.2) is 5.82 Å². The maximum atomic E-state index is 15.1. The van der Waals surface area contributed by atoms with Gasteiger partial charge < -0.3 is 15.2 Å². The zero-order chi connectivity index (χ0) is 21.5. The number of carbonyl (C=O) groups excluding carboxylic acids is 1. The number of anilines is 1. The molecule has 1 amide bonds. The summed E-state index contributed by atoms with van der Waals surface area (Å²) in [6, 6.07) is 11.9. The third-order valence-corrected chi connectivity index (χ3v) is 7.37. The Balaban J connectivity index is 1.16. The molecule has 2 atom stereocenters. The van der Waals surface area contributed by atoms with E-state index in [0.717, 1.165) is 23.7 Å². The molecule has 2 unspecified atom stereocenters. The number of rotatable bonds is 6. The first kappa shape index (κ1) is 20.3. The van der Waals surface area contributed by atoms with E-state index in [1.165, 1.54) is 11.6 Å². The molecular formula is C22H24FN3O4S. The van der Waals surface area contributed by atoms with Gasteiger partial charge in [0.25, 0.3) is 5.91 Å². The molecule has 5 rings (SSSR count). The Labute approximate surface area is 182 Å². The molecule has 7 nitrogen and oxygen atoms in total. The molecule has 2 fully saturated rings. The Morgan fingerprint density at radius 3 is 2.74 bits per heavy atom. The van der Waals surface area contributed by atoms with Crippen LogP contribution in [0, 0.1) is 11.7 Å². The summed E-state index contributed by atoms with van der Waals surface area (Å²) in [5.41, 5.74) is 1.51. The number of aromatic hydroxyl groups is 1. The van der Waals surface area contributed by atoms with Crippen LogP contribution in [0.5, 0.6) is 11.5 Å². The summed E-state index contributed by atoms with van der Waals surface area (Å²) in [5.74, 6) is -0.0169. The van der Waals surface area contributed by atoms with Gasteiger partial charge in [0, 0.05) is 24.6 Å². The molecule has 2 aliphatic heterocycles. The SMILES string of the molecule is O=C1CN(c2c(O)cc3c(c2F)CC(CNCC2CC(c4ccccc4)C2)O3)S(=O)N1. The minimum absolute atomic E-state index is 0.228. The molecule has 1 saturated heterocycles. The van der Waals surface area contributed by atoms with Gasteiger partial charge in [-0.05, 0) is 36.8 Å². The Morgan fingerprint density at radius 2 is 2.03 bits per heavy atom. The normalized spacial score (nSPS) is 26.9. The number of hydrogen-bond acceptors (Lipinski definition) is 5. The van der Waals surface area contributed by atoms with E-state index in [0.29, 0.717) is 36.1 Å². The third kappa shape index (κ3) is 3.87. The fraction of sp³-hybridized carbons (Fsp3) is 0.409. The van der Waals surface area contributed by atoms with Crippen molar-refractivity contribution in [2.45, 2.75) is 31.3 Å². The standard InChI is InChI=1S/C22H24FN3O4S/c23-21-17-8-16(11-24-10-13-6-15(7-13)14-4-2-1-3-5-14)30-19(17)9-18(27)22(21)26-12-20(28)25-31(26)29/h1-5,9,13,15-16,24,27H,6-8,10-12H2,(H,25,28). The third-order valence-electron chi connectivity index (χ3n) is 6.26. The van der Waals surface area contributed by atoms with E-state index in [-0.39, 0.29) is 18.3 Å². The van der Waals surface area contributed by atoms with E-state index < -0.39 is 28.6 Å². The topological polar surface area (TPSA) is 90.9 Å². The predicted octanol–water partition coefficient (Wildman–Crippen LogP) is 2.13. The average Bonchev–Trinajstić information content (AvgIpc) is 3.26. The Hall–Kier alpha value is -2.65. The molecule has 3 N–H and O–H groups in total. The summed E-state index contributed by atoms with van der Waals surface area (Å²) >= 11 is -1.91. The smallest absolute Gasteiger partial charge is 0.253 e. The molecular weight excluding hydrogens is 421 g/mol. The molecule has 3 aliphatic rings. The number of phenols is 1. The van der Waals surface area contributed by atoms with Crippen molar-refractivity contribution in [3.63, 3.8) is 0 Å². The molecule has 0 spiro atoms. The van der Waals surface area contributed by atoms with Crippen LogP contribution < -0.4 is 19.1 Å². The largest absolute Gasteiger partial charge is 0.505 e. The molecule has 2 aromatic rings. The second kappa shape index (κ2) is 8.12. The van der Waals surface area contributed by atoms with E-state index in [1.807, 2.05) is 6.07 Å². The molecule has 164 valence electrons. The van der Waals surface area contributed by atoms with E-state index in [4.69, 9.17) is 4.74 Å². The lowest BCUT2D eigenvalue weighted by atomic mass is 9.71. The highest BCUT2D eigenvalue weighted by Gasteiger charge is 2.36. The number of hydrogen-bond donors (Lipinski definition) is 3. The van der Waals surface area contributed by atoms with Crippen LogP contribution in [-0.4, -0.2) is 41.0 Å². The van der Waals surface area contributed by atoms with Crippen molar-refractivity contribution in [2.24, 2.45) is 5.92 Å². The number of halogens is 1. The van der Waals surface area contributed by atoms with Crippen LogP contribution >= 0.6 is 0 Å². The molecule has 1 aliphatic carbocycles. The maximum absolute atomic E-state index is 15.1. The van der Waals surface area contributed by atoms with Gasteiger partial charge >= 0.3 is 0 Å². The van der Waals surface area contributed by atoms with Crippen molar-refractivity contribution in [2.75, 3.05) is 23.9 Å². The van der Waals surface area contributed by atoms with Crippen molar-refractivity contribution < 1.29 is 23.2 Å². The second-order valence-corrected chi connectivity index (χ2v) is 9.54. The van der Waals surface area contributed by atoms with E-state index >= 15 is 4.39 Å². The van der Waals surface area contributed by atoms with Crippen molar-refractivity contribution in [3.8, 4) is 11.5 Å². The van der Waals surface area contributed by atoms with Crippen LogP contribution in [-0.2, 0) is 22.4 Å². The number of benzene rings is 2. The summed E-state index contributed by atoms with van der Waals surface area (Å²) < 4.78 is 36.1. The van der Waals surface area contributed by atoms with Crippen LogP contribution in [0.4, 0.5) is 10.1 Å². The number of ether oxygens (including phenoxy) is 1. The second-order valence-electron chi connectivity index (χ2n) is 8.39. The van der Waals surface area contributed by atoms with Crippen LogP contribution in [0.25, 0.3) is 0 Å². The number of amides is 1. The van der Waals surface area contributed by atoms with Gasteiger partial charge in [-0.2, -0.15) is 0 Å². The molecule has 2 heterocycles. The number of fused-ring (bicyclic) bond motifs is 1. The van der Waals surface area contributed by atoms with E-state index in [2.05, 4.69) is 34.3 Å². The Bertz CT molecular complexity index is 1030. The molecule has 0 aromatic heterocycles. The monoisotopic (exact) mass is 445 g/mol. The summed E-state index contributed by atoms with van der Waals surface area (Å²) in [5, 5.41) is 13.7. The lowest BCUT2D eigenvalue weighted by molar-refractivity contribution is -0.117. The molecule has 0 bridgehead atoms. The maximum Gasteiger partial charge on any atom is 0.253 e. The van der Waals surface area contributed by atoms with Crippen molar-refractivity contribution in [1.82, 2.24) is 10.0 Å². The first-order chi connectivity index (χ1) is 15.0. The minimum Gasteiger partial charge on any atom is -0.505 e. The van der Waals surface area contributed by atoms with Crippen LogP contribution in [0.15, 0.2) is 36.4 Å². The molecule has 2 aromatic carbocycles. The predicted molar refractivity (Wildman–Crippen MR) is 115 cm³/mol. The number of phenolic OH excluding ortho intramolecular Hbond substituents is 1. The summed E-state index contributed by atoms with van der Waals surface area (Å²) in [6.45, 7) is 1.19. The van der Waals surface area contributed by atoms with Gasteiger partial charge in [-0.15, -0.1) is 0 Å². The van der Waals surface area contributed by atoms with Crippen molar-refractivity contribution >= 4 is 22.8 Å². The number of nitrogens with zero attached hydrogens (tertiary/aromatic N) is 1. The first-order valence-electron chi connectivity index (χ1n) is 10.4. The summed E-state index contributed by atoms with van der Waals surface area (Å²) in [4.78, 5) is 11.5. The van der Waals surface area contributed by atoms with Gasteiger partial charge in [0.2, 0.25) is 11.2 Å². The lowest BCUT2D eigenvalue weighted by Crippen LogP contribution is -2.37. The molecule has 0 radical (unpaired) electrons. The van der Waals surface area contributed by atoms with Gasteiger partial charge in [0.1, 0.15) is 29.8 Å². The van der Waals surface area contributed by atoms with Crippen molar-refractivity contribution in [1.29, 1.82) is 0 Å². The summed E-state index contributed by atoms with van der Waals surface area (Å²) in [7, 11) is 0. The van der Waals surface area contributed by atoms with Crippen LogP contribution in [0.2, 0.25) is 0 Å². The molecule has 1 saturated carbocycles. The van der Waals surface area contributed by atoms with Gasteiger partial charge in [-0.3, -0.25) is 13.8 Å². The van der Waals surface area contributed by atoms with E-state index in [9.17, 15) is 14.1 Å². The minimum atomic E-state index is -1.91. The average molecular weight is 446 g/mol. The fourth-order valence-electron chi connectivity index (χ4n) is 4.62.